The lowest BCUT2D eigenvalue weighted by molar-refractivity contribution is 0.0531. The van der Waals surface area contributed by atoms with Gasteiger partial charge in [0.05, 0.1) is 5.39 Å². The van der Waals surface area contributed by atoms with E-state index in [1.807, 2.05) is 6.07 Å². The summed E-state index contributed by atoms with van der Waals surface area (Å²) >= 11 is 0. The number of hydrogen-bond donors (Lipinski definition) is 0. The number of unbranched alkanes of at least 4 members (excludes halogenated alkanes) is 2. The molecule has 0 radical (unpaired) electrons. The highest BCUT2D eigenvalue weighted by atomic mass is 16.5. The average Bonchev–Trinajstić information content (AvgIpc) is 3.31. The van der Waals surface area contributed by atoms with Crippen LogP contribution in [0.1, 0.15) is 50.8 Å². The molecule has 26 heavy (non-hydrogen) atoms. The van der Waals surface area contributed by atoms with Crippen LogP contribution >= 0.6 is 0 Å². The van der Waals surface area contributed by atoms with Crippen LogP contribution in [0.2, 0.25) is 0 Å². The minimum Gasteiger partial charge on any atom is -0.437 e. The number of furan rings is 1. The summed E-state index contributed by atoms with van der Waals surface area (Å²) in [5, 5.41) is 0.821. The Balaban J connectivity index is 1.59. The van der Waals surface area contributed by atoms with Gasteiger partial charge >= 0.3 is 5.69 Å². The first-order chi connectivity index (χ1) is 12.7. The molecule has 1 aliphatic rings. The Morgan fingerprint density at radius 1 is 1.23 bits per heavy atom. The van der Waals surface area contributed by atoms with Gasteiger partial charge < -0.3 is 9.15 Å². The molecule has 136 valence electrons. The van der Waals surface area contributed by atoms with Gasteiger partial charge in [0, 0.05) is 18.4 Å². The second-order valence-corrected chi connectivity index (χ2v) is 6.92. The lowest BCUT2D eigenvalue weighted by Crippen LogP contribution is -2.25. The summed E-state index contributed by atoms with van der Waals surface area (Å²) in [6, 6.07) is 10.4. The van der Waals surface area contributed by atoms with Crippen molar-refractivity contribution < 1.29 is 9.15 Å². The molecule has 0 N–H and O–H groups in total. The smallest absolute Gasteiger partial charge is 0.353 e. The SMILES string of the molecule is CCCCCc1ccc(-c2cc3cn(C4CCCO4)c(=O)nc3o2)cc1. The molecule has 0 bridgehead atoms. The predicted molar refractivity (Wildman–Crippen MR) is 101 cm³/mol. The number of ether oxygens (including phenoxy) is 1. The monoisotopic (exact) mass is 352 g/mol. The Morgan fingerprint density at radius 2 is 2.08 bits per heavy atom. The lowest BCUT2D eigenvalue weighted by Gasteiger charge is -2.11. The number of nitrogens with zero attached hydrogens (tertiary/aromatic N) is 2. The van der Waals surface area contributed by atoms with Gasteiger partial charge in [0.1, 0.15) is 12.0 Å². The first kappa shape index (κ1) is 17.0. The maximum absolute atomic E-state index is 12.2. The molecule has 1 saturated heterocycles. The van der Waals surface area contributed by atoms with Crippen molar-refractivity contribution in [1.29, 1.82) is 0 Å². The van der Waals surface area contributed by atoms with Crippen LogP contribution in [-0.2, 0) is 11.2 Å². The van der Waals surface area contributed by atoms with E-state index in [4.69, 9.17) is 9.15 Å². The molecule has 1 unspecified atom stereocenters. The van der Waals surface area contributed by atoms with Crippen molar-refractivity contribution in [2.75, 3.05) is 6.61 Å². The van der Waals surface area contributed by atoms with Crippen LogP contribution in [-0.4, -0.2) is 16.2 Å². The van der Waals surface area contributed by atoms with Crippen LogP contribution < -0.4 is 5.69 Å². The number of benzene rings is 1. The van der Waals surface area contributed by atoms with Crippen LogP contribution in [0.5, 0.6) is 0 Å². The van der Waals surface area contributed by atoms with Crippen molar-refractivity contribution in [2.24, 2.45) is 0 Å². The van der Waals surface area contributed by atoms with E-state index >= 15 is 0 Å². The Morgan fingerprint density at radius 3 is 2.81 bits per heavy atom. The highest BCUT2D eigenvalue weighted by molar-refractivity contribution is 5.79. The molecule has 3 aromatic rings. The summed E-state index contributed by atoms with van der Waals surface area (Å²) in [7, 11) is 0. The maximum atomic E-state index is 12.2. The van der Waals surface area contributed by atoms with Crippen LogP contribution in [0.3, 0.4) is 0 Å². The highest BCUT2D eigenvalue weighted by Gasteiger charge is 2.20. The van der Waals surface area contributed by atoms with Crippen molar-refractivity contribution in [1.82, 2.24) is 9.55 Å². The van der Waals surface area contributed by atoms with Crippen LogP contribution in [0.25, 0.3) is 22.4 Å². The number of aryl methyl sites for hydroxylation is 1. The number of fused-ring (bicyclic) bond motifs is 1. The predicted octanol–water partition coefficient (Wildman–Crippen LogP) is 4.70. The van der Waals surface area contributed by atoms with Gasteiger partial charge in [0.25, 0.3) is 0 Å². The summed E-state index contributed by atoms with van der Waals surface area (Å²) in [6.45, 7) is 2.91. The molecule has 1 fully saturated rings. The molecule has 0 saturated carbocycles. The first-order valence-electron chi connectivity index (χ1n) is 9.48. The fourth-order valence-corrected chi connectivity index (χ4v) is 3.47. The maximum Gasteiger partial charge on any atom is 0.353 e. The van der Waals surface area contributed by atoms with Crippen LogP contribution in [0.15, 0.2) is 45.7 Å². The zero-order valence-corrected chi connectivity index (χ0v) is 15.1. The van der Waals surface area contributed by atoms with Crippen molar-refractivity contribution in [3.8, 4) is 11.3 Å². The Labute approximate surface area is 152 Å². The molecule has 2 aromatic heterocycles. The van der Waals surface area contributed by atoms with Crippen molar-refractivity contribution >= 4 is 11.1 Å². The zero-order chi connectivity index (χ0) is 17.9. The molecule has 0 aliphatic carbocycles. The molecular weight excluding hydrogens is 328 g/mol. The molecule has 0 spiro atoms. The minimum atomic E-state index is -0.323. The van der Waals surface area contributed by atoms with Crippen molar-refractivity contribution in [3.05, 3.63) is 52.6 Å². The van der Waals surface area contributed by atoms with E-state index in [0.717, 1.165) is 36.0 Å². The standard InChI is InChI=1S/C21H24N2O3/c1-2-3-4-6-15-8-10-16(11-9-15)18-13-17-14-23(19-7-5-12-25-19)21(24)22-20(17)26-18/h8-11,13-14,19H,2-7,12H2,1H3. The fraction of sp³-hybridized carbons (Fsp3) is 0.429. The summed E-state index contributed by atoms with van der Waals surface area (Å²) < 4.78 is 13.0. The fourth-order valence-electron chi connectivity index (χ4n) is 3.47. The average molecular weight is 352 g/mol. The first-order valence-corrected chi connectivity index (χ1v) is 9.48. The summed E-state index contributed by atoms with van der Waals surface area (Å²) in [6.07, 6.45) is 8.23. The van der Waals surface area contributed by atoms with Gasteiger partial charge in [-0.2, -0.15) is 4.98 Å². The number of rotatable bonds is 6. The van der Waals surface area contributed by atoms with Gasteiger partial charge in [0.2, 0.25) is 5.71 Å². The Bertz CT molecular complexity index is 934. The molecule has 3 heterocycles. The molecule has 1 atom stereocenters. The van der Waals surface area contributed by atoms with Gasteiger partial charge in [-0.05, 0) is 37.3 Å². The summed E-state index contributed by atoms with van der Waals surface area (Å²) in [5.74, 6) is 0.733. The van der Waals surface area contributed by atoms with E-state index in [9.17, 15) is 4.79 Å². The quantitative estimate of drug-likeness (QED) is 0.604. The largest absolute Gasteiger partial charge is 0.437 e. The molecule has 0 amide bonds. The molecule has 4 rings (SSSR count). The van der Waals surface area contributed by atoms with Gasteiger partial charge in [-0.1, -0.05) is 44.0 Å². The van der Waals surface area contributed by atoms with Gasteiger partial charge in [-0.3, -0.25) is 4.57 Å². The Hall–Kier alpha value is -2.40. The van der Waals surface area contributed by atoms with E-state index in [0.29, 0.717) is 12.3 Å². The minimum absolute atomic E-state index is 0.208. The van der Waals surface area contributed by atoms with Gasteiger partial charge in [-0.15, -0.1) is 0 Å². The van der Waals surface area contributed by atoms with Gasteiger partial charge in [-0.25, -0.2) is 4.79 Å². The van der Waals surface area contributed by atoms with Gasteiger partial charge in [0.15, 0.2) is 0 Å². The highest BCUT2D eigenvalue weighted by Crippen LogP contribution is 2.28. The topological polar surface area (TPSA) is 57.3 Å². The third-order valence-corrected chi connectivity index (χ3v) is 4.96. The molecule has 5 nitrogen and oxygen atoms in total. The lowest BCUT2D eigenvalue weighted by atomic mass is 10.0. The molecule has 1 aromatic carbocycles. The van der Waals surface area contributed by atoms with E-state index in [2.05, 4.69) is 36.2 Å². The molecule has 5 heteroatoms. The third kappa shape index (κ3) is 3.44. The van der Waals surface area contributed by atoms with E-state index in [-0.39, 0.29) is 11.9 Å². The summed E-state index contributed by atoms with van der Waals surface area (Å²) in [5.41, 5.74) is 2.40. The van der Waals surface area contributed by atoms with Crippen LogP contribution in [0.4, 0.5) is 0 Å². The van der Waals surface area contributed by atoms with E-state index in [1.54, 1.807) is 10.8 Å². The van der Waals surface area contributed by atoms with Crippen molar-refractivity contribution in [3.63, 3.8) is 0 Å². The zero-order valence-electron chi connectivity index (χ0n) is 15.1. The van der Waals surface area contributed by atoms with E-state index in [1.165, 1.54) is 24.8 Å². The van der Waals surface area contributed by atoms with Crippen LogP contribution in [0, 0.1) is 0 Å². The third-order valence-electron chi connectivity index (χ3n) is 4.96. The summed E-state index contributed by atoms with van der Waals surface area (Å²) in [4.78, 5) is 16.3. The second kappa shape index (κ2) is 7.46. The number of aromatic nitrogens is 2. The normalized spacial score (nSPS) is 17.2. The Kier molecular flexibility index (Phi) is 4.89. The van der Waals surface area contributed by atoms with Crippen molar-refractivity contribution in [2.45, 2.75) is 51.7 Å². The number of hydrogen-bond acceptors (Lipinski definition) is 4. The molecular formula is C21H24N2O3. The second-order valence-electron chi connectivity index (χ2n) is 6.92. The molecule has 1 aliphatic heterocycles. The van der Waals surface area contributed by atoms with E-state index < -0.39 is 0 Å².